The Hall–Kier alpha value is -2.06. The van der Waals surface area contributed by atoms with Gasteiger partial charge in [0.1, 0.15) is 0 Å². The van der Waals surface area contributed by atoms with Crippen LogP contribution in [0.25, 0.3) is 0 Å². The minimum absolute atomic E-state index is 0.104. The molecule has 172 valence electrons. The van der Waals surface area contributed by atoms with Gasteiger partial charge in [0.2, 0.25) is 0 Å². The molecular formula is C22H19F6O2PS. The Kier molecular flexibility index (Phi) is 7.25. The normalized spacial score (nSPS) is 14.0. The second-order valence-electron chi connectivity index (χ2n) is 6.74. The van der Waals surface area contributed by atoms with E-state index in [1.165, 1.54) is 48.5 Å². The van der Waals surface area contributed by atoms with Gasteiger partial charge in [0, 0.05) is 0 Å². The fourth-order valence-electron chi connectivity index (χ4n) is 3.07. The maximum absolute atomic E-state index is 13.4. The first-order chi connectivity index (χ1) is 15.0. The predicted octanol–water partition coefficient (Wildman–Crippen LogP) is 6.89. The molecule has 0 heterocycles. The molecule has 0 bridgehead atoms. The Bertz CT molecular complexity index is 936. The van der Waals surface area contributed by atoms with Gasteiger partial charge in [0.15, 0.2) is 0 Å². The van der Waals surface area contributed by atoms with E-state index in [0.717, 1.165) is 11.4 Å². The molecule has 0 unspecified atom stereocenters. The molecule has 3 aromatic rings. The van der Waals surface area contributed by atoms with E-state index in [1.807, 2.05) is 0 Å². The van der Waals surface area contributed by atoms with Crippen molar-refractivity contribution in [2.75, 3.05) is 13.2 Å². The van der Waals surface area contributed by atoms with Gasteiger partial charge in [-0.2, -0.15) is 0 Å². The molecule has 0 atom stereocenters. The molecular weight excluding hydrogens is 473 g/mol. The summed E-state index contributed by atoms with van der Waals surface area (Å²) in [5, 5.41) is 0.208. The van der Waals surface area contributed by atoms with Gasteiger partial charge in [-0.1, -0.05) is 0 Å². The van der Waals surface area contributed by atoms with E-state index in [0.29, 0.717) is 4.90 Å². The molecule has 0 spiro atoms. The van der Waals surface area contributed by atoms with Gasteiger partial charge in [-0.15, -0.1) is 0 Å². The summed E-state index contributed by atoms with van der Waals surface area (Å²) in [6, 6.07) is 23.2. The van der Waals surface area contributed by atoms with Gasteiger partial charge in [-0.05, 0) is 0 Å². The van der Waals surface area contributed by atoms with Crippen LogP contribution in [0.1, 0.15) is 0 Å². The summed E-state index contributed by atoms with van der Waals surface area (Å²) < 4.78 is 91.7. The molecule has 0 saturated heterocycles. The van der Waals surface area contributed by atoms with E-state index in [9.17, 15) is 26.3 Å². The molecule has 0 saturated carbocycles. The molecule has 0 aliphatic rings. The monoisotopic (exact) mass is 492 g/mol. The van der Waals surface area contributed by atoms with Crippen LogP contribution < -0.4 is 10.6 Å². The van der Waals surface area contributed by atoms with Crippen molar-refractivity contribution in [2.24, 2.45) is 0 Å². The fraction of sp³-hybridized carbons (Fsp3) is 0.182. The van der Waals surface area contributed by atoms with Crippen molar-refractivity contribution in [3.8, 4) is 0 Å². The van der Waals surface area contributed by atoms with Crippen molar-refractivity contribution in [2.45, 2.75) is 17.2 Å². The van der Waals surface area contributed by atoms with Gasteiger partial charge < -0.3 is 0 Å². The van der Waals surface area contributed by atoms with E-state index in [-0.39, 0.29) is 10.6 Å². The summed E-state index contributed by atoms with van der Waals surface area (Å²) in [4.78, 5) is 0.405. The molecule has 10 heteroatoms. The Balaban J connectivity index is 2.35. The summed E-state index contributed by atoms with van der Waals surface area (Å²) in [6.45, 7) is -3.57. The van der Waals surface area contributed by atoms with Crippen molar-refractivity contribution >= 4 is 28.2 Å². The number of alkyl halides is 6. The van der Waals surface area contributed by atoms with Crippen LogP contribution in [-0.2, 0) is 9.05 Å². The van der Waals surface area contributed by atoms with Gasteiger partial charge in [-0.25, -0.2) is 0 Å². The minimum atomic E-state index is -5.10. The predicted molar refractivity (Wildman–Crippen MR) is 115 cm³/mol. The maximum atomic E-state index is 13.4. The van der Waals surface area contributed by atoms with Crippen LogP contribution in [0.2, 0.25) is 0 Å². The average molecular weight is 492 g/mol. The van der Waals surface area contributed by atoms with Crippen LogP contribution in [0.15, 0.2) is 95.9 Å². The zero-order valence-electron chi connectivity index (χ0n) is 16.5. The standard InChI is InChI=1S/C22H19F6O2PS/c23-21(24,25)16-29-31(30-17-22(26,27)28,18-10-4-1-5-11-18,19-12-6-2-7-13-19)32-20-14-8-3-9-15-20/h1-15H,16-17H2. The van der Waals surface area contributed by atoms with E-state index in [4.69, 9.17) is 9.05 Å². The summed E-state index contributed by atoms with van der Waals surface area (Å²) in [5.74, 6) is 0. The van der Waals surface area contributed by atoms with E-state index >= 15 is 0 Å². The molecule has 0 aliphatic carbocycles. The summed E-state index contributed by atoms with van der Waals surface area (Å²) >= 11 is 0.757. The summed E-state index contributed by atoms with van der Waals surface area (Å²) in [5.41, 5.74) is 0. The number of hydrogen-bond donors (Lipinski definition) is 0. The van der Waals surface area contributed by atoms with E-state index in [1.54, 1.807) is 42.5 Å². The number of hydrogen-bond acceptors (Lipinski definition) is 3. The van der Waals surface area contributed by atoms with Gasteiger partial charge in [-0.3, -0.25) is 0 Å². The van der Waals surface area contributed by atoms with Crippen LogP contribution in [0.3, 0.4) is 0 Å². The van der Waals surface area contributed by atoms with Crippen LogP contribution >= 0.6 is 17.6 Å². The molecule has 32 heavy (non-hydrogen) atoms. The summed E-state index contributed by atoms with van der Waals surface area (Å²) in [6.07, 6.45) is -14.7. The molecule has 0 aromatic heterocycles. The number of benzene rings is 3. The molecule has 2 nitrogen and oxygen atoms in total. The van der Waals surface area contributed by atoms with Gasteiger partial charge in [0.05, 0.1) is 0 Å². The molecule has 0 radical (unpaired) electrons. The van der Waals surface area contributed by atoms with E-state index in [2.05, 4.69) is 0 Å². The second-order valence-corrected chi connectivity index (χ2v) is 13.2. The molecule has 0 N–H and O–H groups in total. The van der Waals surface area contributed by atoms with Crippen LogP contribution in [-0.4, -0.2) is 25.6 Å². The number of halogens is 6. The Morgan fingerprint density at radius 3 is 1.25 bits per heavy atom. The Morgan fingerprint density at radius 2 is 0.906 bits per heavy atom. The van der Waals surface area contributed by atoms with Crippen molar-refractivity contribution in [1.29, 1.82) is 0 Å². The molecule has 0 amide bonds. The Labute approximate surface area is 185 Å². The molecule has 3 rings (SSSR count). The van der Waals surface area contributed by atoms with Crippen LogP contribution in [0.4, 0.5) is 26.3 Å². The first-order valence-corrected chi connectivity index (χ1v) is 12.8. The van der Waals surface area contributed by atoms with E-state index < -0.39 is 31.8 Å². The third kappa shape index (κ3) is 5.64. The number of rotatable bonds is 8. The third-order valence-electron chi connectivity index (χ3n) is 4.34. The zero-order valence-corrected chi connectivity index (χ0v) is 18.2. The topological polar surface area (TPSA) is 18.5 Å². The van der Waals surface area contributed by atoms with Crippen LogP contribution in [0.5, 0.6) is 0 Å². The SMILES string of the molecule is FC(F)(F)COP(OCC(F)(F)F)(Sc1ccccc1)(c1ccccc1)c1ccccc1. The first-order valence-electron chi connectivity index (χ1n) is 9.35. The summed E-state index contributed by atoms with van der Waals surface area (Å²) in [7, 11) is 0. The Morgan fingerprint density at radius 1 is 0.562 bits per heavy atom. The first kappa shape index (κ1) is 24.6. The molecule has 0 aliphatic heterocycles. The molecule has 3 aromatic carbocycles. The van der Waals surface area contributed by atoms with Gasteiger partial charge in [0.25, 0.3) is 0 Å². The quantitative estimate of drug-likeness (QED) is 0.252. The van der Waals surface area contributed by atoms with Crippen molar-refractivity contribution in [3.63, 3.8) is 0 Å². The molecule has 0 fully saturated rings. The van der Waals surface area contributed by atoms with Gasteiger partial charge >= 0.3 is 185 Å². The van der Waals surface area contributed by atoms with Crippen molar-refractivity contribution < 1.29 is 35.4 Å². The zero-order chi connectivity index (χ0) is 23.3. The van der Waals surface area contributed by atoms with Crippen LogP contribution in [0, 0.1) is 0 Å². The van der Waals surface area contributed by atoms with Crippen molar-refractivity contribution in [1.82, 2.24) is 0 Å². The second kappa shape index (κ2) is 9.43. The van der Waals surface area contributed by atoms with Crippen molar-refractivity contribution in [3.05, 3.63) is 91.0 Å². The fourth-order valence-corrected chi connectivity index (χ4v) is 10.7. The third-order valence-corrected chi connectivity index (χ3v) is 12.3. The average Bonchev–Trinajstić information content (AvgIpc) is 2.77.